The first-order valence-corrected chi connectivity index (χ1v) is 9.26. The van der Waals surface area contributed by atoms with Gasteiger partial charge < -0.3 is 9.80 Å². The van der Waals surface area contributed by atoms with Crippen LogP contribution in [0.1, 0.15) is 18.4 Å². The Morgan fingerprint density at radius 3 is 2.54 bits per heavy atom. The van der Waals surface area contributed by atoms with Crippen molar-refractivity contribution in [3.63, 3.8) is 0 Å². The largest absolute Gasteiger partial charge is 0.357 e. The molecule has 138 valence electrons. The number of amides is 1. The minimum Gasteiger partial charge on any atom is -0.357 e. The van der Waals surface area contributed by atoms with Gasteiger partial charge in [0.25, 0.3) is 0 Å². The fourth-order valence-corrected chi connectivity index (χ4v) is 3.39. The molecule has 0 unspecified atom stereocenters. The van der Waals surface area contributed by atoms with E-state index in [0.29, 0.717) is 11.6 Å². The van der Waals surface area contributed by atoms with Gasteiger partial charge in [-0.1, -0.05) is 23.7 Å². The summed E-state index contributed by atoms with van der Waals surface area (Å²) in [4.78, 5) is 21.0. The lowest BCUT2D eigenvalue weighted by Gasteiger charge is -2.34. The fraction of sp³-hybridized carbons (Fsp3) is 0.400. The van der Waals surface area contributed by atoms with Crippen molar-refractivity contribution in [3.8, 4) is 0 Å². The molecule has 1 fully saturated rings. The Labute approximate surface area is 158 Å². The molecular weight excluding hydrogens is 353 g/mol. The van der Waals surface area contributed by atoms with E-state index in [4.69, 9.17) is 11.6 Å². The van der Waals surface area contributed by atoms with Crippen LogP contribution >= 0.6 is 11.6 Å². The minimum atomic E-state index is -0.236. The zero-order valence-electron chi connectivity index (χ0n) is 14.9. The molecule has 0 spiro atoms. The Morgan fingerprint density at radius 1 is 1.23 bits per heavy atom. The van der Waals surface area contributed by atoms with Gasteiger partial charge in [-0.15, -0.1) is 0 Å². The first kappa shape index (κ1) is 18.6. The summed E-state index contributed by atoms with van der Waals surface area (Å²) in [5.74, 6) is 0.915. The van der Waals surface area contributed by atoms with Crippen molar-refractivity contribution in [2.24, 2.45) is 5.92 Å². The smallest absolute Gasteiger partial charge is 0.225 e. The maximum atomic E-state index is 13.0. The highest BCUT2D eigenvalue weighted by Gasteiger charge is 2.27. The summed E-state index contributed by atoms with van der Waals surface area (Å²) in [5, 5.41) is 0.626. The van der Waals surface area contributed by atoms with E-state index in [-0.39, 0.29) is 17.6 Å². The van der Waals surface area contributed by atoms with Gasteiger partial charge in [0, 0.05) is 38.8 Å². The zero-order valence-corrected chi connectivity index (χ0v) is 15.6. The average molecular weight is 376 g/mol. The molecule has 0 atom stereocenters. The molecule has 1 aromatic carbocycles. The van der Waals surface area contributed by atoms with E-state index < -0.39 is 0 Å². The number of piperidine rings is 1. The summed E-state index contributed by atoms with van der Waals surface area (Å²) in [6.45, 7) is 2.27. The number of anilines is 1. The van der Waals surface area contributed by atoms with Crippen LogP contribution in [0.2, 0.25) is 5.02 Å². The van der Waals surface area contributed by atoms with E-state index in [9.17, 15) is 9.18 Å². The van der Waals surface area contributed by atoms with E-state index >= 15 is 0 Å². The second-order valence-corrected chi connectivity index (χ2v) is 7.17. The number of likely N-dealkylation sites (N-methyl/N-ethyl adjacent to an activating group) is 1. The molecule has 2 heterocycles. The molecule has 1 aliphatic heterocycles. The first-order valence-electron chi connectivity index (χ1n) is 8.89. The summed E-state index contributed by atoms with van der Waals surface area (Å²) >= 11 is 5.88. The number of nitrogens with zero attached hydrogens (tertiary/aromatic N) is 3. The summed E-state index contributed by atoms with van der Waals surface area (Å²) in [7, 11) is 1.85. The van der Waals surface area contributed by atoms with E-state index in [1.165, 1.54) is 12.1 Å². The molecule has 1 aliphatic rings. The summed E-state index contributed by atoms with van der Waals surface area (Å²) in [6, 6.07) is 10.2. The van der Waals surface area contributed by atoms with E-state index in [0.717, 1.165) is 43.7 Å². The number of carbonyl (C=O) groups is 1. The molecule has 6 heteroatoms. The van der Waals surface area contributed by atoms with Crippen LogP contribution in [-0.4, -0.2) is 42.5 Å². The van der Waals surface area contributed by atoms with Crippen LogP contribution in [0, 0.1) is 11.7 Å². The molecule has 0 saturated carbocycles. The van der Waals surface area contributed by atoms with Crippen molar-refractivity contribution >= 4 is 23.3 Å². The van der Waals surface area contributed by atoms with Crippen LogP contribution < -0.4 is 4.90 Å². The van der Waals surface area contributed by atoms with Gasteiger partial charge in [-0.3, -0.25) is 4.79 Å². The monoisotopic (exact) mass is 375 g/mol. The predicted molar refractivity (Wildman–Crippen MR) is 102 cm³/mol. The lowest BCUT2D eigenvalue weighted by molar-refractivity contribution is -0.134. The number of carbonyl (C=O) groups excluding carboxylic acids is 1. The van der Waals surface area contributed by atoms with Crippen LogP contribution in [0.3, 0.4) is 0 Å². The lowest BCUT2D eigenvalue weighted by atomic mass is 9.95. The van der Waals surface area contributed by atoms with Gasteiger partial charge >= 0.3 is 0 Å². The van der Waals surface area contributed by atoms with Crippen molar-refractivity contribution in [2.45, 2.75) is 19.3 Å². The van der Waals surface area contributed by atoms with Gasteiger partial charge in [0.1, 0.15) is 11.6 Å². The highest BCUT2D eigenvalue weighted by molar-refractivity contribution is 6.30. The van der Waals surface area contributed by atoms with Crippen LogP contribution in [0.25, 0.3) is 0 Å². The topological polar surface area (TPSA) is 36.4 Å². The van der Waals surface area contributed by atoms with E-state index in [2.05, 4.69) is 9.88 Å². The molecule has 0 N–H and O–H groups in total. The van der Waals surface area contributed by atoms with Crippen LogP contribution in [0.5, 0.6) is 0 Å². The second kappa shape index (κ2) is 8.49. The second-order valence-electron chi connectivity index (χ2n) is 6.73. The highest BCUT2D eigenvalue weighted by Crippen LogP contribution is 2.24. The molecule has 2 aromatic rings. The Kier molecular flexibility index (Phi) is 6.09. The van der Waals surface area contributed by atoms with Gasteiger partial charge in [0.2, 0.25) is 5.91 Å². The molecular formula is C20H23ClFN3O. The maximum Gasteiger partial charge on any atom is 0.225 e. The summed E-state index contributed by atoms with van der Waals surface area (Å²) in [5.41, 5.74) is 1.04. The molecule has 3 rings (SSSR count). The third kappa shape index (κ3) is 4.73. The van der Waals surface area contributed by atoms with Crippen molar-refractivity contribution in [1.29, 1.82) is 0 Å². The Hall–Kier alpha value is -2.14. The summed E-state index contributed by atoms with van der Waals surface area (Å²) < 4.78 is 13.0. The van der Waals surface area contributed by atoms with Crippen molar-refractivity contribution in [3.05, 3.63) is 59.0 Å². The quantitative estimate of drug-likeness (QED) is 0.797. The van der Waals surface area contributed by atoms with Crippen molar-refractivity contribution in [1.82, 2.24) is 9.88 Å². The van der Waals surface area contributed by atoms with Gasteiger partial charge in [-0.2, -0.15) is 0 Å². The molecule has 1 aromatic heterocycles. The lowest BCUT2D eigenvalue weighted by Crippen LogP contribution is -2.42. The number of hydrogen-bond donors (Lipinski definition) is 0. The van der Waals surface area contributed by atoms with Gasteiger partial charge in [-0.25, -0.2) is 9.37 Å². The number of pyridine rings is 1. The summed E-state index contributed by atoms with van der Waals surface area (Å²) in [6.07, 6.45) is 4.03. The first-order chi connectivity index (χ1) is 12.5. The maximum absolute atomic E-state index is 13.0. The number of rotatable bonds is 5. The average Bonchev–Trinajstić information content (AvgIpc) is 2.67. The van der Waals surface area contributed by atoms with E-state index in [1.807, 2.05) is 19.2 Å². The Balaban J connectivity index is 1.48. The molecule has 0 bridgehead atoms. The predicted octanol–water partition coefficient (Wildman–Crippen LogP) is 3.79. The molecule has 1 saturated heterocycles. The number of aromatic nitrogens is 1. The molecule has 4 nitrogen and oxygen atoms in total. The Morgan fingerprint density at radius 2 is 1.92 bits per heavy atom. The van der Waals surface area contributed by atoms with Crippen LogP contribution in [0.4, 0.5) is 10.2 Å². The highest BCUT2D eigenvalue weighted by atomic mass is 35.5. The van der Waals surface area contributed by atoms with Gasteiger partial charge in [0.05, 0.1) is 5.02 Å². The van der Waals surface area contributed by atoms with Crippen LogP contribution in [0.15, 0.2) is 42.6 Å². The molecule has 0 aliphatic carbocycles. The molecule has 26 heavy (non-hydrogen) atoms. The molecule has 1 amide bonds. The van der Waals surface area contributed by atoms with Crippen LogP contribution in [-0.2, 0) is 11.2 Å². The van der Waals surface area contributed by atoms with Gasteiger partial charge in [-0.05, 0) is 49.1 Å². The van der Waals surface area contributed by atoms with Gasteiger partial charge in [0.15, 0.2) is 0 Å². The normalized spacial score (nSPS) is 15.1. The Bertz CT molecular complexity index is 728. The number of halogens is 2. The standard InChI is InChI=1S/C20H23ClFN3O/c1-24(11-8-15-2-5-18(22)6-3-15)20(26)16-9-12-25(13-10-16)19-7-4-17(21)14-23-19/h2-7,14,16H,8-13H2,1H3. The van der Waals surface area contributed by atoms with E-state index in [1.54, 1.807) is 23.2 Å². The minimum absolute atomic E-state index is 0.0526. The number of hydrogen-bond acceptors (Lipinski definition) is 3. The third-order valence-electron chi connectivity index (χ3n) is 4.91. The third-order valence-corrected chi connectivity index (χ3v) is 5.13. The fourth-order valence-electron chi connectivity index (χ4n) is 3.28. The van der Waals surface area contributed by atoms with Crippen molar-refractivity contribution in [2.75, 3.05) is 31.6 Å². The zero-order chi connectivity index (χ0) is 18.5. The SMILES string of the molecule is CN(CCc1ccc(F)cc1)C(=O)C1CCN(c2ccc(Cl)cn2)CC1. The van der Waals surface area contributed by atoms with Crippen molar-refractivity contribution < 1.29 is 9.18 Å². The molecule has 0 radical (unpaired) electrons. The number of benzene rings is 1.